The third kappa shape index (κ3) is 4.63. The van der Waals surface area contributed by atoms with Crippen LogP contribution in [-0.4, -0.2) is 36.1 Å². The van der Waals surface area contributed by atoms with Crippen LogP contribution in [0.3, 0.4) is 0 Å². The number of hydrogen-bond donors (Lipinski definition) is 1. The molecule has 0 bridgehead atoms. The van der Waals surface area contributed by atoms with Crippen LogP contribution in [0.5, 0.6) is 5.75 Å². The van der Waals surface area contributed by atoms with Gasteiger partial charge in [0, 0.05) is 12.6 Å². The van der Waals surface area contributed by atoms with E-state index >= 15 is 0 Å². The highest BCUT2D eigenvalue weighted by Crippen LogP contribution is 2.14. The van der Waals surface area contributed by atoms with Gasteiger partial charge in [0.15, 0.2) is 0 Å². The highest BCUT2D eigenvalue weighted by atomic mass is 16.5. The van der Waals surface area contributed by atoms with E-state index in [1.54, 1.807) is 6.20 Å². The van der Waals surface area contributed by atoms with Crippen LogP contribution in [0.2, 0.25) is 0 Å². The number of hydrogen-bond acceptors (Lipinski definition) is 4. The number of nitrogens with two attached hydrogens (primary N) is 1. The average Bonchev–Trinajstić information content (AvgIpc) is 2.43. The zero-order valence-electron chi connectivity index (χ0n) is 11.7. The standard InChI is InChI=1S/C14H25N3O/c1-4-13(15)14-8-7-12(11-16-14)18-10-9-17(5-2)6-3/h7-8,11,13H,4-6,9-10,15H2,1-3H3. The molecule has 0 aliphatic heterocycles. The van der Waals surface area contributed by atoms with E-state index in [4.69, 9.17) is 10.5 Å². The van der Waals surface area contributed by atoms with E-state index in [2.05, 4.69) is 30.7 Å². The maximum Gasteiger partial charge on any atom is 0.137 e. The van der Waals surface area contributed by atoms with Crippen molar-refractivity contribution < 1.29 is 4.74 Å². The Labute approximate surface area is 110 Å². The van der Waals surface area contributed by atoms with Crippen LogP contribution in [0.4, 0.5) is 0 Å². The third-order valence-corrected chi connectivity index (χ3v) is 3.15. The second-order valence-electron chi connectivity index (χ2n) is 4.31. The van der Waals surface area contributed by atoms with Crippen LogP contribution < -0.4 is 10.5 Å². The van der Waals surface area contributed by atoms with Crippen molar-refractivity contribution in [2.45, 2.75) is 33.2 Å². The number of likely N-dealkylation sites (N-methyl/N-ethyl adjacent to an activating group) is 1. The maximum atomic E-state index is 5.91. The van der Waals surface area contributed by atoms with Crippen LogP contribution in [0, 0.1) is 0 Å². The highest BCUT2D eigenvalue weighted by Gasteiger charge is 2.05. The molecule has 0 radical (unpaired) electrons. The third-order valence-electron chi connectivity index (χ3n) is 3.15. The lowest BCUT2D eigenvalue weighted by Crippen LogP contribution is -2.27. The van der Waals surface area contributed by atoms with Gasteiger partial charge in [0.05, 0.1) is 11.9 Å². The van der Waals surface area contributed by atoms with E-state index in [-0.39, 0.29) is 6.04 Å². The molecule has 4 nitrogen and oxygen atoms in total. The number of ether oxygens (including phenoxy) is 1. The number of rotatable bonds is 8. The molecule has 0 aliphatic rings. The van der Waals surface area contributed by atoms with Gasteiger partial charge in [-0.2, -0.15) is 0 Å². The summed E-state index contributed by atoms with van der Waals surface area (Å²) in [6.07, 6.45) is 2.66. The molecule has 0 aromatic carbocycles. The zero-order valence-corrected chi connectivity index (χ0v) is 11.7. The van der Waals surface area contributed by atoms with Crippen molar-refractivity contribution in [3.05, 3.63) is 24.0 Å². The summed E-state index contributed by atoms with van der Waals surface area (Å²) in [5.74, 6) is 0.814. The summed E-state index contributed by atoms with van der Waals surface area (Å²) in [5.41, 5.74) is 6.83. The second kappa shape index (κ2) is 8.06. The van der Waals surface area contributed by atoms with Crippen molar-refractivity contribution in [1.29, 1.82) is 0 Å². The van der Waals surface area contributed by atoms with Gasteiger partial charge in [0.1, 0.15) is 12.4 Å². The lowest BCUT2D eigenvalue weighted by atomic mass is 10.1. The molecule has 1 heterocycles. The van der Waals surface area contributed by atoms with E-state index in [1.165, 1.54) is 0 Å². The van der Waals surface area contributed by atoms with Crippen LogP contribution in [0.15, 0.2) is 18.3 Å². The number of pyridine rings is 1. The molecule has 0 aliphatic carbocycles. The fourth-order valence-electron chi connectivity index (χ4n) is 1.74. The molecule has 1 unspecified atom stereocenters. The topological polar surface area (TPSA) is 51.4 Å². The van der Waals surface area contributed by atoms with Gasteiger partial charge in [0.2, 0.25) is 0 Å². The predicted molar refractivity (Wildman–Crippen MR) is 74.7 cm³/mol. The largest absolute Gasteiger partial charge is 0.491 e. The van der Waals surface area contributed by atoms with Gasteiger partial charge in [-0.05, 0) is 31.6 Å². The van der Waals surface area contributed by atoms with Crippen molar-refractivity contribution in [3.63, 3.8) is 0 Å². The molecule has 2 N–H and O–H groups in total. The zero-order chi connectivity index (χ0) is 13.4. The molecule has 102 valence electrons. The first-order valence-electron chi connectivity index (χ1n) is 6.77. The molecule has 1 atom stereocenters. The van der Waals surface area contributed by atoms with E-state index in [9.17, 15) is 0 Å². The number of nitrogens with zero attached hydrogens (tertiary/aromatic N) is 2. The van der Waals surface area contributed by atoms with Gasteiger partial charge in [-0.25, -0.2) is 0 Å². The van der Waals surface area contributed by atoms with Crippen LogP contribution >= 0.6 is 0 Å². The Morgan fingerprint density at radius 2 is 2.00 bits per heavy atom. The Hall–Kier alpha value is -1.13. The molecule has 1 rings (SSSR count). The summed E-state index contributed by atoms with van der Waals surface area (Å²) in [4.78, 5) is 6.65. The molecule has 0 amide bonds. The van der Waals surface area contributed by atoms with Crippen molar-refractivity contribution in [2.24, 2.45) is 5.73 Å². The predicted octanol–water partition coefficient (Wildman–Crippen LogP) is 2.21. The normalized spacial score (nSPS) is 12.7. The summed E-state index contributed by atoms with van der Waals surface area (Å²) in [5, 5.41) is 0. The first-order valence-corrected chi connectivity index (χ1v) is 6.77. The van der Waals surface area contributed by atoms with Crippen molar-refractivity contribution >= 4 is 0 Å². The average molecular weight is 251 g/mol. The van der Waals surface area contributed by atoms with Crippen LogP contribution in [0.1, 0.15) is 38.9 Å². The Morgan fingerprint density at radius 3 is 2.50 bits per heavy atom. The van der Waals surface area contributed by atoms with Gasteiger partial charge >= 0.3 is 0 Å². The smallest absolute Gasteiger partial charge is 0.137 e. The Bertz CT molecular complexity index is 322. The summed E-state index contributed by atoms with van der Waals surface area (Å²) in [7, 11) is 0. The molecule has 18 heavy (non-hydrogen) atoms. The second-order valence-corrected chi connectivity index (χ2v) is 4.31. The minimum absolute atomic E-state index is 0.0229. The minimum Gasteiger partial charge on any atom is -0.491 e. The molecule has 1 aromatic rings. The quantitative estimate of drug-likeness (QED) is 0.769. The lowest BCUT2D eigenvalue weighted by molar-refractivity contribution is 0.222. The monoisotopic (exact) mass is 251 g/mol. The molecule has 4 heteroatoms. The lowest BCUT2D eigenvalue weighted by Gasteiger charge is -2.18. The Balaban J connectivity index is 2.39. The van der Waals surface area contributed by atoms with Crippen LogP contribution in [0.25, 0.3) is 0 Å². The summed E-state index contributed by atoms with van der Waals surface area (Å²) < 4.78 is 5.66. The molecule has 0 saturated carbocycles. The molecule has 0 saturated heterocycles. The van der Waals surface area contributed by atoms with Crippen LogP contribution in [-0.2, 0) is 0 Å². The van der Waals surface area contributed by atoms with Gasteiger partial charge < -0.3 is 15.4 Å². The first kappa shape index (κ1) is 14.9. The molecular weight excluding hydrogens is 226 g/mol. The highest BCUT2D eigenvalue weighted by molar-refractivity contribution is 5.21. The van der Waals surface area contributed by atoms with E-state index in [1.807, 2.05) is 12.1 Å². The van der Waals surface area contributed by atoms with E-state index in [0.29, 0.717) is 6.61 Å². The maximum absolute atomic E-state index is 5.91. The van der Waals surface area contributed by atoms with Crippen molar-refractivity contribution in [3.8, 4) is 5.75 Å². The summed E-state index contributed by atoms with van der Waals surface area (Å²) in [6.45, 7) is 10.1. The van der Waals surface area contributed by atoms with Gasteiger partial charge in [-0.3, -0.25) is 4.98 Å². The van der Waals surface area contributed by atoms with Gasteiger partial charge in [0.25, 0.3) is 0 Å². The fraction of sp³-hybridized carbons (Fsp3) is 0.643. The van der Waals surface area contributed by atoms with Crippen molar-refractivity contribution in [1.82, 2.24) is 9.88 Å². The summed E-state index contributed by atoms with van der Waals surface area (Å²) >= 11 is 0. The van der Waals surface area contributed by atoms with E-state index < -0.39 is 0 Å². The SMILES string of the molecule is CCC(N)c1ccc(OCCN(CC)CC)cn1. The Morgan fingerprint density at radius 1 is 1.28 bits per heavy atom. The minimum atomic E-state index is 0.0229. The number of aromatic nitrogens is 1. The van der Waals surface area contributed by atoms with Gasteiger partial charge in [-0.1, -0.05) is 20.8 Å². The molecule has 0 fully saturated rings. The van der Waals surface area contributed by atoms with Gasteiger partial charge in [-0.15, -0.1) is 0 Å². The summed E-state index contributed by atoms with van der Waals surface area (Å²) in [6, 6.07) is 3.91. The Kier molecular flexibility index (Phi) is 6.68. The molecule has 0 spiro atoms. The van der Waals surface area contributed by atoms with Crippen molar-refractivity contribution in [2.75, 3.05) is 26.2 Å². The first-order chi connectivity index (χ1) is 8.71. The fourth-order valence-corrected chi connectivity index (χ4v) is 1.74. The molecule has 1 aromatic heterocycles. The molecular formula is C14H25N3O. The van der Waals surface area contributed by atoms with E-state index in [0.717, 1.165) is 37.5 Å².